The van der Waals surface area contributed by atoms with Gasteiger partial charge in [0.15, 0.2) is 6.23 Å². The van der Waals surface area contributed by atoms with E-state index in [-0.39, 0.29) is 5.57 Å². The van der Waals surface area contributed by atoms with Crippen LogP contribution < -0.4 is 5.32 Å². The Morgan fingerprint density at radius 3 is 2.80 bits per heavy atom. The number of aliphatic hydroxyl groups excluding tert-OH is 1. The molecule has 54 valence electrons. The largest absolute Gasteiger partial charge is 0.478 e. The van der Waals surface area contributed by atoms with E-state index >= 15 is 0 Å². The van der Waals surface area contributed by atoms with Gasteiger partial charge in [-0.2, -0.15) is 0 Å². The summed E-state index contributed by atoms with van der Waals surface area (Å²) in [5.74, 6) is -1.11. The highest BCUT2D eigenvalue weighted by Crippen LogP contribution is 2.03. The first kappa shape index (κ1) is 6.82. The van der Waals surface area contributed by atoms with E-state index < -0.39 is 12.2 Å². The number of hydrogen-bond donors (Lipinski definition) is 3. The van der Waals surface area contributed by atoms with Crippen molar-refractivity contribution in [1.82, 2.24) is 5.32 Å². The number of carboxylic acids is 1. The van der Waals surface area contributed by atoms with Crippen molar-refractivity contribution < 1.29 is 15.0 Å². The maximum atomic E-state index is 10.3. The van der Waals surface area contributed by atoms with Crippen LogP contribution in [-0.4, -0.2) is 22.4 Å². The first-order chi connectivity index (χ1) is 4.72. The van der Waals surface area contributed by atoms with Gasteiger partial charge in [0.1, 0.15) is 0 Å². The fraction of sp³-hybridized carbons (Fsp3) is 0.167. The van der Waals surface area contributed by atoms with E-state index in [9.17, 15) is 4.79 Å². The first-order valence-electron chi connectivity index (χ1n) is 2.76. The molecule has 0 aromatic heterocycles. The van der Waals surface area contributed by atoms with Crippen molar-refractivity contribution >= 4 is 5.97 Å². The molecule has 0 aromatic rings. The number of dihydropyridines is 1. The monoisotopic (exact) mass is 141 g/mol. The van der Waals surface area contributed by atoms with Crippen LogP contribution >= 0.6 is 0 Å². The number of aliphatic hydroxyl groups is 1. The molecule has 0 bridgehead atoms. The molecule has 10 heavy (non-hydrogen) atoms. The van der Waals surface area contributed by atoms with Gasteiger partial charge in [0.2, 0.25) is 0 Å². The van der Waals surface area contributed by atoms with Gasteiger partial charge in [-0.05, 0) is 18.4 Å². The van der Waals surface area contributed by atoms with Gasteiger partial charge >= 0.3 is 5.97 Å². The number of allylic oxidation sites excluding steroid dienone is 2. The van der Waals surface area contributed by atoms with E-state index in [2.05, 4.69) is 5.32 Å². The van der Waals surface area contributed by atoms with Crippen molar-refractivity contribution in [2.24, 2.45) is 0 Å². The first-order valence-corrected chi connectivity index (χ1v) is 2.76. The van der Waals surface area contributed by atoms with Crippen LogP contribution in [0.5, 0.6) is 0 Å². The molecule has 1 rings (SSSR count). The highest BCUT2D eigenvalue weighted by Gasteiger charge is 2.16. The quantitative estimate of drug-likeness (QED) is 0.457. The summed E-state index contributed by atoms with van der Waals surface area (Å²) in [5, 5.41) is 19.8. The molecule has 0 aromatic carbocycles. The average Bonchev–Trinajstić information content (AvgIpc) is 1.88. The summed E-state index contributed by atoms with van der Waals surface area (Å²) >= 11 is 0. The Morgan fingerprint density at radius 2 is 2.40 bits per heavy atom. The second-order valence-corrected chi connectivity index (χ2v) is 1.86. The summed E-state index contributed by atoms with van der Waals surface area (Å²) in [5.41, 5.74) is -0.0394. The van der Waals surface area contributed by atoms with Crippen molar-refractivity contribution in [3.05, 3.63) is 23.9 Å². The van der Waals surface area contributed by atoms with E-state index in [1.807, 2.05) is 0 Å². The zero-order valence-electron chi connectivity index (χ0n) is 5.11. The van der Waals surface area contributed by atoms with Gasteiger partial charge in [0.05, 0.1) is 5.57 Å². The van der Waals surface area contributed by atoms with Crippen LogP contribution in [0.2, 0.25) is 0 Å². The van der Waals surface area contributed by atoms with E-state index in [4.69, 9.17) is 10.2 Å². The summed E-state index contributed by atoms with van der Waals surface area (Å²) in [6.07, 6.45) is 3.28. The van der Waals surface area contributed by atoms with Crippen molar-refractivity contribution in [3.8, 4) is 0 Å². The lowest BCUT2D eigenvalue weighted by molar-refractivity contribution is -0.133. The minimum atomic E-state index is -1.11. The van der Waals surface area contributed by atoms with Gasteiger partial charge in [-0.1, -0.05) is 0 Å². The molecule has 0 spiro atoms. The SMILES string of the molecule is O=C(O)C1=CC=CNC1O. The van der Waals surface area contributed by atoms with Crippen molar-refractivity contribution in [2.75, 3.05) is 0 Å². The molecule has 0 amide bonds. The third kappa shape index (κ3) is 1.16. The molecule has 1 atom stereocenters. The summed E-state index contributed by atoms with van der Waals surface area (Å²) in [4.78, 5) is 10.3. The third-order valence-corrected chi connectivity index (χ3v) is 1.17. The lowest BCUT2D eigenvalue weighted by Crippen LogP contribution is -2.31. The van der Waals surface area contributed by atoms with Crippen LogP contribution in [0.25, 0.3) is 0 Å². The maximum Gasteiger partial charge on any atom is 0.336 e. The summed E-state index contributed by atoms with van der Waals surface area (Å²) < 4.78 is 0. The Hall–Kier alpha value is -1.29. The predicted molar refractivity (Wildman–Crippen MR) is 34.0 cm³/mol. The molecule has 1 heterocycles. The third-order valence-electron chi connectivity index (χ3n) is 1.17. The smallest absolute Gasteiger partial charge is 0.336 e. The molecule has 0 saturated carbocycles. The predicted octanol–water partition coefficient (Wildman–Crippen LogP) is -0.567. The van der Waals surface area contributed by atoms with Gasteiger partial charge in [0, 0.05) is 0 Å². The molecule has 0 radical (unpaired) electrons. The highest BCUT2D eigenvalue weighted by molar-refractivity contribution is 5.88. The normalized spacial score (nSPS) is 23.3. The van der Waals surface area contributed by atoms with Crippen molar-refractivity contribution in [2.45, 2.75) is 6.23 Å². The topological polar surface area (TPSA) is 69.6 Å². The van der Waals surface area contributed by atoms with Crippen LogP contribution in [0, 0.1) is 0 Å². The second kappa shape index (κ2) is 2.53. The van der Waals surface area contributed by atoms with Crippen molar-refractivity contribution in [1.29, 1.82) is 0 Å². The van der Waals surface area contributed by atoms with Crippen molar-refractivity contribution in [3.63, 3.8) is 0 Å². The van der Waals surface area contributed by atoms with E-state index in [1.54, 1.807) is 0 Å². The number of carbonyl (C=O) groups is 1. The van der Waals surface area contributed by atoms with Crippen LogP contribution in [-0.2, 0) is 4.79 Å². The molecule has 1 aliphatic rings. The summed E-state index contributed by atoms with van der Waals surface area (Å²) in [7, 11) is 0. The summed E-state index contributed by atoms with van der Waals surface area (Å²) in [6, 6.07) is 0. The van der Waals surface area contributed by atoms with Gasteiger partial charge < -0.3 is 15.5 Å². The van der Waals surface area contributed by atoms with Gasteiger partial charge in [-0.15, -0.1) is 0 Å². The molecule has 0 fully saturated rings. The fourth-order valence-electron chi connectivity index (χ4n) is 0.668. The highest BCUT2D eigenvalue weighted by atomic mass is 16.4. The van der Waals surface area contributed by atoms with Gasteiger partial charge in [0.25, 0.3) is 0 Å². The molecular formula is C6H7NO3. The van der Waals surface area contributed by atoms with E-state index in [0.29, 0.717) is 0 Å². The van der Waals surface area contributed by atoms with Crippen LogP contribution in [0.3, 0.4) is 0 Å². The van der Waals surface area contributed by atoms with E-state index in [0.717, 1.165) is 0 Å². The zero-order valence-corrected chi connectivity index (χ0v) is 5.11. The molecule has 1 unspecified atom stereocenters. The van der Waals surface area contributed by atoms with Crippen LogP contribution in [0.1, 0.15) is 0 Å². The Bertz CT molecular complexity index is 207. The minimum Gasteiger partial charge on any atom is -0.478 e. The Morgan fingerprint density at radius 1 is 1.70 bits per heavy atom. The number of nitrogens with one attached hydrogen (secondary N) is 1. The molecule has 4 heteroatoms. The Labute approximate surface area is 57.5 Å². The number of hydrogen-bond acceptors (Lipinski definition) is 3. The molecule has 4 nitrogen and oxygen atoms in total. The lowest BCUT2D eigenvalue weighted by atomic mass is 10.2. The number of carboxylic acid groups (broad SMARTS) is 1. The molecule has 3 N–H and O–H groups in total. The zero-order chi connectivity index (χ0) is 7.56. The molecular weight excluding hydrogens is 134 g/mol. The Balaban J connectivity index is 2.80. The van der Waals surface area contributed by atoms with Crippen LogP contribution in [0.15, 0.2) is 23.9 Å². The maximum absolute atomic E-state index is 10.3. The average molecular weight is 141 g/mol. The van der Waals surface area contributed by atoms with Gasteiger partial charge in [-0.25, -0.2) is 4.79 Å². The summed E-state index contributed by atoms with van der Waals surface area (Å²) in [6.45, 7) is 0. The molecule has 1 aliphatic heterocycles. The van der Waals surface area contributed by atoms with E-state index in [1.165, 1.54) is 18.4 Å². The second-order valence-electron chi connectivity index (χ2n) is 1.86. The molecule has 0 saturated heterocycles. The fourth-order valence-corrected chi connectivity index (χ4v) is 0.668. The Kier molecular flexibility index (Phi) is 1.73. The minimum absolute atomic E-state index is 0.0394. The number of rotatable bonds is 1. The standard InChI is InChI=1S/C6H7NO3/c8-5-4(6(9)10)2-1-3-7-5/h1-3,5,7-8H,(H,9,10). The van der Waals surface area contributed by atoms with Crippen LogP contribution in [0.4, 0.5) is 0 Å². The lowest BCUT2D eigenvalue weighted by Gasteiger charge is -2.13. The van der Waals surface area contributed by atoms with Gasteiger partial charge in [-0.3, -0.25) is 0 Å². The number of aliphatic carboxylic acids is 1. The molecule has 0 aliphatic carbocycles.